The lowest BCUT2D eigenvalue weighted by atomic mass is 9.94. The number of nitrogens with one attached hydrogen (secondary N) is 2. The number of amides is 4. The van der Waals surface area contributed by atoms with Gasteiger partial charge >= 0.3 is 5.97 Å². The Morgan fingerprint density at radius 2 is 1.67 bits per heavy atom. The third kappa shape index (κ3) is 16.2. The molecule has 1 aromatic carbocycles. The summed E-state index contributed by atoms with van der Waals surface area (Å²) in [5.41, 5.74) is 0.817. The monoisotopic (exact) mass is 681 g/mol. The highest BCUT2D eigenvalue weighted by molar-refractivity contribution is 6.03. The van der Waals surface area contributed by atoms with Crippen LogP contribution in [0, 0.1) is 17.8 Å². The minimum Gasteiger partial charge on any atom is -0.506 e. The summed E-state index contributed by atoms with van der Waals surface area (Å²) in [6.07, 6.45) is 2.10. The molecule has 15 heteroatoms. The van der Waals surface area contributed by atoms with E-state index in [1.54, 1.807) is 19.9 Å². The number of imide groups is 1. The van der Waals surface area contributed by atoms with Gasteiger partial charge in [0, 0.05) is 44.7 Å². The maximum atomic E-state index is 12.3. The quantitative estimate of drug-likeness (QED) is 0.0544. The molecule has 2 heterocycles. The van der Waals surface area contributed by atoms with Crippen LogP contribution in [0.3, 0.4) is 0 Å². The number of anilines is 1. The zero-order valence-electron chi connectivity index (χ0n) is 28.2. The maximum Gasteiger partial charge on any atom is 0.308 e. The summed E-state index contributed by atoms with van der Waals surface area (Å²) in [6.45, 7) is 8.39. The highest BCUT2D eigenvalue weighted by Crippen LogP contribution is 2.27. The Labute approximate surface area is 281 Å². The van der Waals surface area contributed by atoms with Gasteiger partial charge in [0.1, 0.15) is 12.4 Å². The van der Waals surface area contributed by atoms with Gasteiger partial charge in [-0.3, -0.25) is 33.7 Å². The molecule has 6 N–H and O–H groups in total. The van der Waals surface area contributed by atoms with Crippen molar-refractivity contribution in [1.82, 2.24) is 10.2 Å². The molecule has 2 aliphatic heterocycles. The van der Waals surface area contributed by atoms with Crippen molar-refractivity contribution in [2.75, 3.05) is 31.6 Å². The number of esters is 1. The molecule has 0 aliphatic carbocycles. The number of carbonyl (C=O) groups is 6. The van der Waals surface area contributed by atoms with Crippen molar-refractivity contribution < 1.29 is 58.7 Å². The average Bonchev–Trinajstić information content (AvgIpc) is 3.30. The van der Waals surface area contributed by atoms with E-state index < -0.39 is 12.2 Å². The van der Waals surface area contributed by atoms with Gasteiger partial charge < -0.3 is 40.5 Å². The third-order valence-electron chi connectivity index (χ3n) is 7.40. The number of carbonyl (C=O) groups excluding carboxylic acids is 5. The van der Waals surface area contributed by atoms with Gasteiger partial charge in [-0.15, -0.1) is 0 Å². The highest BCUT2D eigenvalue weighted by Gasteiger charge is 2.39. The predicted molar refractivity (Wildman–Crippen MR) is 173 cm³/mol. The number of benzene rings is 1. The molecule has 0 spiro atoms. The third-order valence-corrected chi connectivity index (χ3v) is 7.40. The van der Waals surface area contributed by atoms with Crippen molar-refractivity contribution in [3.8, 4) is 5.75 Å². The van der Waals surface area contributed by atoms with E-state index in [0.717, 1.165) is 0 Å². The Balaban J connectivity index is 0.000000888. The SMILES string of the molecule is CC(C)C(=O)OCc1ccc(O)c(NC(=O)CCNC(=O)CCCCCN2C(=O)CC(C(C)C)C2=O)c1.O=CO.OC1COCC(O)C1. The van der Waals surface area contributed by atoms with Gasteiger partial charge in [-0.1, -0.05) is 40.2 Å². The van der Waals surface area contributed by atoms with Gasteiger partial charge in [0.2, 0.25) is 23.6 Å². The lowest BCUT2D eigenvalue weighted by Gasteiger charge is -2.21. The van der Waals surface area contributed by atoms with Gasteiger partial charge in [-0.25, -0.2) is 0 Å². The highest BCUT2D eigenvalue weighted by atomic mass is 16.5. The van der Waals surface area contributed by atoms with E-state index in [1.807, 2.05) is 13.8 Å². The van der Waals surface area contributed by atoms with Crippen LogP contribution in [0.25, 0.3) is 0 Å². The van der Waals surface area contributed by atoms with Gasteiger partial charge in [-0.05, 0) is 36.5 Å². The Kier molecular flexibility index (Phi) is 19.6. The van der Waals surface area contributed by atoms with Crippen molar-refractivity contribution >= 4 is 41.8 Å². The molecule has 2 aliphatic rings. The fourth-order valence-corrected chi connectivity index (χ4v) is 4.70. The second-order valence-corrected chi connectivity index (χ2v) is 12.2. The van der Waals surface area contributed by atoms with Crippen LogP contribution in [0.1, 0.15) is 78.2 Å². The van der Waals surface area contributed by atoms with Crippen LogP contribution in [0.4, 0.5) is 5.69 Å². The van der Waals surface area contributed by atoms with E-state index in [2.05, 4.69) is 10.6 Å². The standard InChI is InChI=1S/C27H39N3O7.C5H10O3.CH2O2/c1-17(2)20-15-25(34)30(26(20)35)13-7-5-6-8-23(32)28-12-11-24(33)29-21-14-19(9-10-22(21)31)16-37-27(36)18(3)4;6-4-1-5(7)3-8-2-4;2-1-3/h9-10,14,17-18,20,31H,5-8,11-13,15-16H2,1-4H3,(H,28,32)(H,29,33);4-7H,1-3H2;1H,(H,2,3). The van der Waals surface area contributed by atoms with E-state index in [0.29, 0.717) is 51.0 Å². The number of likely N-dealkylation sites (tertiary alicyclic amines) is 1. The van der Waals surface area contributed by atoms with Gasteiger partial charge in [0.05, 0.1) is 37.0 Å². The van der Waals surface area contributed by atoms with Crippen LogP contribution in [0.2, 0.25) is 0 Å². The summed E-state index contributed by atoms with van der Waals surface area (Å²) in [5, 5.41) is 39.8. The van der Waals surface area contributed by atoms with Crippen LogP contribution < -0.4 is 10.6 Å². The molecule has 2 fully saturated rings. The fraction of sp³-hybridized carbons (Fsp3) is 0.636. The Morgan fingerprint density at radius 1 is 1.02 bits per heavy atom. The lowest BCUT2D eigenvalue weighted by Crippen LogP contribution is -2.32. The topological polar surface area (TPSA) is 229 Å². The molecule has 15 nitrogen and oxygen atoms in total. The molecule has 3 atom stereocenters. The Bertz CT molecular complexity index is 1200. The number of phenols is 1. The Morgan fingerprint density at radius 3 is 2.21 bits per heavy atom. The number of nitrogens with zero attached hydrogens (tertiary/aromatic N) is 1. The number of hydrogen-bond donors (Lipinski definition) is 6. The molecule has 0 saturated carbocycles. The summed E-state index contributed by atoms with van der Waals surface area (Å²) < 4.78 is 9.96. The van der Waals surface area contributed by atoms with Crippen molar-refractivity contribution in [1.29, 1.82) is 0 Å². The van der Waals surface area contributed by atoms with Crippen LogP contribution in [-0.2, 0) is 44.8 Å². The van der Waals surface area contributed by atoms with E-state index >= 15 is 0 Å². The van der Waals surface area contributed by atoms with Crippen LogP contribution in [-0.4, -0.2) is 99.9 Å². The number of rotatable bonds is 14. The summed E-state index contributed by atoms with van der Waals surface area (Å²) in [6, 6.07) is 4.54. The molecule has 3 unspecified atom stereocenters. The lowest BCUT2D eigenvalue weighted by molar-refractivity contribution is -0.148. The molecular weight excluding hydrogens is 630 g/mol. The van der Waals surface area contributed by atoms with E-state index in [4.69, 9.17) is 29.6 Å². The second-order valence-electron chi connectivity index (χ2n) is 12.2. The van der Waals surface area contributed by atoms with Crippen molar-refractivity contribution in [3.05, 3.63) is 23.8 Å². The van der Waals surface area contributed by atoms with Crippen molar-refractivity contribution in [2.24, 2.45) is 17.8 Å². The molecule has 0 aromatic heterocycles. The number of phenolic OH excluding ortho intramolecular Hbond substituents is 1. The van der Waals surface area contributed by atoms with Gasteiger partial charge in [0.15, 0.2) is 0 Å². The average molecular weight is 682 g/mol. The summed E-state index contributed by atoms with van der Waals surface area (Å²) in [5.74, 6) is -1.57. The maximum absolute atomic E-state index is 12.3. The molecule has 0 radical (unpaired) electrons. The van der Waals surface area contributed by atoms with Crippen LogP contribution >= 0.6 is 0 Å². The first-order chi connectivity index (χ1) is 22.7. The number of hydrogen-bond acceptors (Lipinski definition) is 11. The summed E-state index contributed by atoms with van der Waals surface area (Å²) in [4.78, 5) is 70.0. The molecule has 270 valence electrons. The number of ether oxygens (including phenoxy) is 2. The molecule has 4 amide bonds. The molecular formula is C33H51N3O12. The smallest absolute Gasteiger partial charge is 0.308 e. The zero-order chi connectivity index (χ0) is 36.2. The van der Waals surface area contributed by atoms with E-state index in [9.17, 15) is 29.1 Å². The number of carboxylic acid groups (broad SMARTS) is 1. The second kappa shape index (κ2) is 22.5. The molecule has 3 rings (SSSR count). The van der Waals surface area contributed by atoms with Crippen molar-refractivity contribution in [3.63, 3.8) is 0 Å². The van der Waals surface area contributed by atoms with Crippen molar-refractivity contribution in [2.45, 2.75) is 91.5 Å². The fourth-order valence-electron chi connectivity index (χ4n) is 4.70. The predicted octanol–water partition coefficient (Wildman–Crippen LogP) is 1.96. The zero-order valence-corrected chi connectivity index (χ0v) is 28.2. The number of aliphatic hydroxyl groups is 2. The first-order valence-corrected chi connectivity index (χ1v) is 16.1. The minimum atomic E-state index is -0.459. The molecule has 1 aromatic rings. The van der Waals surface area contributed by atoms with E-state index in [1.165, 1.54) is 17.0 Å². The van der Waals surface area contributed by atoms with Crippen LogP contribution in [0.15, 0.2) is 18.2 Å². The van der Waals surface area contributed by atoms with Crippen LogP contribution in [0.5, 0.6) is 5.75 Å². The summed E-state index contributed by atoms with van der Waals surface area (Å²) >= 11 is 0. The number of aliphatic hydroxyl groups excluding tert-OH is 2. The minimum absolute atomic E-state index is 0.0218. The molecule has 0 bridgehead atoms. The first kappa shape index (κ1) is 41.9. The Hall–Kier alpha value is -4.08. The number of unbranched alkanes of at least 4 members (excludes halogenated alkanes) is 2. The molecule has 48 heavy (non-hydrogen) atoms. The van der Waals surface area contributed by atoms with Gasteiger partial charge in [0.25, 0.3) is 6.47 Å². The van der Waals surface area contributed by atoms with Gasteiger partial charge in [-0.2, -0.15) is 0 Å². The number of aromatic hydroxyl groups is 1. The molecule has 2 saturated heterocycles. The normalized spacial score (nSPS) is 18.8. The largest absolute Gasteiger partial charge is 0.506 e. The first-order valence-electron chi connectivity index (χ1n) is 16.1. The van der Waals surface area contributed by atoms with E-state index in [-0.39, 0.29) is 97.7 Å². The summed E-state index contributed by atoms with van der Waals surface area (Å²) in [7, 11) is 0.